The Morgan fingerprint density at radius 2 is 2.27 bits per heavy atom. The highest BCUT2D eigenvalue weighted by Crippen LogP contribution is 2.22. The van der Waals surface area contributed by atoms with Crippen LogP contribution in [-0.4, -0.2) is 15.2 Å². The molecule has 0 unspecified atom stereocenters. The zero-order valence-electron chi connectivity index (χ0n) is 8.11. The molecule has 4 heteroatoms. The molecule has 1 N–H and O–H groups in total. The van der Waals surface area contributed by atoms with E-state index in [1.54, 1.807) is 6.20 Å². The normalized spacial score (nSPS) is 11.0. The number of aromatic nitrogens is 3. The molecule has 0 bridgehead atoms. The number of benzene rings is 1. The Morgan fingerprint density at radius 1 is 1.33 bits per heavy atom. The molecular formula is C11H8N3O. The number of nitrogens with zero attached hydrogens (tertiary/aromatic N) is 2. The van der Waals surface area contributed by atoms with Gasteiger partial charge in [0, 0.05) is 12.3 Å². The Morgan fingerprint density at radius 3 is 3.07 bits per heavy atom. The summed E-state index contributed by atoms with van der Waals surface area (Å²) in [7, 11) is 0. The number of hydrogen-bond donors (Lipinski definition) is 1. The van der Waals surface area contributed by atoms with Gasteiger partial charge in [-0.25, -0.2) is 4.98 Å². The van der Waals surface area contributed by atoms with E-state index in [9.17, 15) is 0 Å². The Bertz CT molecular complexity index is 595. The van der Waals surface area contributed by atoms with Crippen molar-refractivity contribution in [2.24, 2.45) is 0 Å². The Kier molecular flexibility index (Phi) is 1.62. The van der Waals surface area contributed by atoms with Crippen LogP contribution in [0, 0.1) is 13.0 Å². The Balaban J connectivity index is 2.22. The van der Waals surface area contributed by atoms with Crippen LogP contribution in [0.15, 0.2) is 28.8 Å². The molecule has 0 saturated carbocycles. The number of H-pyrrole nitrogens is 1. The van der Waals surface area contributed by atoms with Gasteiger partial charge in [-0.3, -0.25) is 5.10 Å². The lowest BCUT2D eigenvalue weighted by molar-refractivity contribution is 0.616. The highest BCUT2D eigenvalue weighted by atomic mass is 16.3. The standard InChI is InChI=1S/C11H8N3O/c1-7-2-3-10-9(6-7)13-11(15-10)8-4-5-12-14-8/h2-5H,1H3,(H,12,14). The third-order valence-electron chi connectivity index (χ3n) is 2.17. The molecule has 0 aliphatic rings. The number of aromatic amines is 1. The first-order chi connectivity index (χ1) is 7.33. The molecule has 73 valence electrons. The molecule has 1 aromatic carbocycles. The molecule has 3 rings (SSSR count). The summed E-state index contributed by atoms with van der Waals surface area (Å²) >= 11 is 0. The molecule has 0 aliphatic heterocycles. The molecule has 2 aromatic heterocycles. The predicted octanol–water partition coefficient (Wildman–Crippen LogP) is 2.33. The number of fused-ring (bicyclic) bond motifs is 1. The van der Waals surface area contributed by atoms with Gasteiger partial charge in [0.2, 0.25) is 5.89 Å². The van der Waals surface area contributed by atoms with Crippen LogP contribution in [-0.2, 0) is 0 Å². The van der Waals surface area contributed by atoms with E-state index in [1.165, 1.54) is 0 Å². The lowest BCUT2D eigenvalue weighted by Crippen LogP contribution is -1.76. The van der Waals surface area contributed by atoms with Gasteiger partial charge in [-0.2, -0.15) is 5.10 Å². The van der Waals surface area contributed by atoms with Crippen molar-refractivity contribution in [3.8, 4) is 11.6 Å². The van der Waals surface area contributed by atoms with E-state index in [1.807, 2.05) is 25.1 Å². The lowest BCUT2D eigenvalue weighted by Gasteiger charge is -1.86. The summed E-state index contributed by atoms with van der Waals surface area (Å²) in [6, 6.07) is 8.79. The van der Waals surface area contributed by atoms with Gasteiger partial charge in [-0.05, 0) is 24.6 Å². The van der Waals surface area contributed by atoms with Gasteiger partial charge in [0.1, 0.15) is 11.2 Å². The summed E-state index contributed by atoms with van der Waals surface area (Å²) in [6.07, 6.45) is 1.74. The van der Waals surface area contributed by atoms with Crippen LogP contribution in [0.5, 0.6) is 0 Å². The van der Waals surface area contributed by atoms with E-state index in [0.717, 1.165) is 16.7 Å². The average molecular weight is 198 g/mol. The highest BCUT2D eigenvalue weighted by Gasteiger charge is 2.09. The van der Waals surface area contributed by atoms with E-state index in [-0.39, 0.29) is 0 Å². The molecule has 0 saturated heterocycles. The van der Waals surface area contributed by atoms with Crippen LogP contribution in [0.3, 0.4) is 0 Å². The van der Waals surface area contributed by atoms with Crippen molar-refractivity contribution in [3.05, 3.63) is 36.0 Å². The summed E-state index contributed by atoms with van der Waals surface area (Å²) in [5, 5.41) is 6.73. The second kappa shape index (κ2) is 2.95. The molecule has 1 radical (unpaired) electrons. The quantitative estimate of drug-likeness (QED) is 0.652. The Hall–Kier alpha value is -2.10. The number of aryl methyl sites for hydroxylation is 1. The van der Waals surface area contributed by atoms with Crippen molar-refractivity contribution in [3.63, 3.8) is 0 Å². The summed E-state index contributed by atoms with van der Waals surface area (Å²) in [5.41, 5.74) is 3.23. The summed E-state index contributed by atoms with van der Waals surface area (Å²) in [6.45, 7) is 1.97. The van der Waals surface area contributed by atoms with E-state index >= 15 is 0 Å². The van der Waals surface area contributed by atoms with Gasteiger partial charge in [0.05, 0.1) is 0 Å². The van der Waals surface area contributed by atoms with Crippen LogP contribution < -0.4 is 0 Å². The second-order valence-corrected chi connectivity index (χ2v) is 3.33. The minimum atomic E-state index is 0.521. The first kappa shape index (κ1) is 8.23. The fourth-order valence-electron chi connectivity index (χ4n) is 1.45. The van der Waals surface area contributed by atoms with Crippen LogP contribution in [0.1, 0.15) is 5.56 Å². The van der Waals surface area contributed by atoms with Crippen molar-refractivity contribution < 1.29 is 4.42 Å². The first-order valence-corrected chi connectivity index (χ1v) is 4.62. The zero-order chi connectivity index (χ0) is 10.3. The molecule has 0 fully saturated rings. The molecule has 4 nitrogen and oxygen atoms in total. The number of rotatable bonds is 1. The molecule has 0 atom stereocenters. The Labute approximate surface area is 85.9 Å². The number of hydrogen-bond acceptors (Lipinski definition) is 3. The summed E-state index contributed by atoms with van der Waals surface area (Å²) in [5.74, 6) is 0.521. The molecular weight excluding hydrogens is 190 g/mol. The fraction of sp³-hybridized carbons (Fsp3) is 0.0909. The van der Waals surface area contributed by atoms with Crippen LogP contribution in [0.25, 0.3) is 22.7 Å². The number of nitrogens with one attached hydrogen (secondary N) is 1. The van der Waals surface area contributed by atoms with Gasteiger partial charge in [-0.15, -0.1) is 0 Å². The maximum absolute atomic E-state index is 5.54. The fourth-order valence-corrected chi connectivity index (χ4v) is 1.45. The zero-order valence-corrected chi connectivity index (χ0v) is 8.11. The molecule has 2 heterocycles. The maximum atomic E-state index is 5.54. The van der Waals surface area contributed by atoms with Crippen molar-refractivity contribution in [2.45, 2.75) is 6.92 Å². The predicted molar refractivity (Wildman–Crippen MR) is 55.2 cm³/mol. The largest absolute Gasteiger partial charge is 0.435 e. The SMILES string of the molecule is Cc1[c]c2nc(-c3cc[nH]n3)oc2cc1. The van der Waals surface area contributed by atoms with Crippen molar-refractivity contribution in [1.82, 2.24) is 15.2 Å². The minimum absolute atomic E-state index is 0.521. The van der Waals surface area contributed by atoms with Gasteiger partial charge < -0.3 is 4.42 Å². The molecule has 3 aromatic rings. The third-order valence-corrected chi connectivity index (χ3v) is 2.17. The van der Waals surface area contributed by atoms with Crippen molar-refractivity contribution >= 4 is 11.1 Å². The maximum Gasteiger partial charge on any atom is 0.248 e. The molecule has 15 heavy (non-hydrogen) atoms. The molecule has 0 spiro atoms. The molecule has 0 amide bonds. The second-order valence-electron chi connectivity index (χ2n) is 3.33. The van der Waals surface area contributed by atoms with Gasteiger partial charge in [0.25, 0.3) is 0 Å². The van der Waals surface area contributed by atoms with E-state index in [4.69, 9.17) is 4.42 Å². The van der Waals surface area contributed by atoms with E-state index < -0.39 is 0 Å². The molecule has 0 aliphatic carbocycles. The van der Waals surface area contributed by atoms with Crippen LogP contribution >= 0.6 is 0 Å². The highest BCUT2D eigenvalue weighted by molar-refractivity contribution is 5.75. The lowest BCUT2D eigenvalue weighted by atomic mass is 10.2. The van der Waals surface area contributed by atoms with Crippen molar-refractivity contribution in [1.29, 1.82) is 0 Å². The third kappa shape index (κ3) is 1.30. The topological polar surface area (TPSA) is 54.7 Å². The van der Waals surface area contributed by atoms with E-state index in [2.05, 4.69) is 21.2 Å². The average Bonchev–Trinajstić information content (AvgIpc) is 2.84. The van der Waals surface area contributed by atoms with E-state index in [0.29, 0.717) is 11.6 Å². The monoisotopic (exact) mass is 198 g/mol. The minimum Gasteiger partial charge on any atom is -0.435 e. The van der Waals surface area contributed by atoms with Crippen LogP contribution in [0.2, 0.25) is 0 Å². The van der Waals surface area contributed by atoms with Crippen LogP contribution in [0.4, 0.5) is 0 Å². The first-order valence-electron chi connectivity index (χ1n) is 4.62. The summed E-state index contributed by atoms with van der Waals surface area (Å²) < 4.78 is 5.54. The summed E-state index contributed by atoms with van der Waals surface area (Å²) in [4.78, 5) is 4.31. The van der Waals surface area contributed by atoms with Crippen molar-refractivity contribution in [2.75, 3.05) is 0 Å². The van der Waals surface area contributed by atoms with Gasteiger partial charge in [0.15, 0.2) is 5.58 Å². The smallest absolute Gasteiger partial charge is 0.248 e. The van der Waals surface area contributed by atoms with Gasteiger partial charge in [-0.1, -0.05) is 6.07 Å². The number of oxazole rings is 1. The van der Waals surface area contributed by atoms with Gasteiger partial charge >= 0.3 is 0 Å².